The van der Waals surface area contributed by atoms with Crippen molar-refractivity contribution in [2.45, 2.75) is 27.2 Å². The van der Waals surface area contributed by atoms with Crippen LogP contribution in [0.5, 0.6) is 0 Å². The van der Waals surface area contributed by atoms with E-state index in [1.165, 1.54) is 0 Å². The van der Waals surface area contributed by atoms with Crippen molar-refractivity contribution in [3.05, 3.63) is 0 Å². The van der Waals surface area contributed by atoms with Crippen LogP contribution in [0.3, 0.4) is 0 Å². The minimum atomic E-state index is 0.341. The summed E-state index contributed by atoms with van der Waals surface area (Å²) in [5, 5.41) is 8.70. The van der Waals surface area contributed by atoms with Crippen LogP contribution < -0.4 is 0 Å². The van der Waals surface area contributed by atoms with Gasteiger partial charge in [0, 0.05) is 6.61 Å². The van der Waals surface area contributed by atoms with Gasteiger partial charge in [-0.15, -0.1) is 0 Å². The second-order valence-corrected chi connectivity index (χ2v) is 2.59. The summed E-state index contributed by atoms with van der Waals surface area (Å²) in [4.78, 5) is 8.00. The van der Waals surface area contributed by atoms with Crippen LogP contribution in [-0.4, -0.2) is 18.5 Å². The van der Waals surface area contributed by atoms with Gasteiger partial charge in [0.1, 0.15) is 6.79 Å². The number of aliphatic hydroxyl groups is 1. The largest absolute Gasteiger partial charge is 0.396 e. The summed E-state index contributed by atoms with van der Waals surface area (Å²) in [6.45, 7) is 8.74. The van der Waals surface area contributed by atoms with Gasteiger partial charge in [0.15, 0.2) is 0 Å². The van der Waals surface area contributed by atoms with E-state index >= 15 is 0 Å². The maximum atomic E-state index is 8.70. The third-order valence-electron chi connectivity index (χ3n) is 1.70. The molecule has 0 rings (SSSR count). The van der Waals surface area contributed by atoms with Gasteiger partial charge in [0.05, 0.1) is 0 Å². The maximum Gasteiger partial charge on any atom is 0.106 e. The molecule has 0 amide bonds. The van der Waals surface area contributed by atoms with Gasteiger partial charge < -0.3 is 9.90 Å². The fraction of sp³-hybridized carbons (Fsp3) is 0.875. The molecule has 0 fully saturated rings. The molecular formula is C8H18O2. The summed E-state index contributed by atoms with van der Waals surface area (Å²) >= 11 is 0. The highest BCUT2D eigenvalue weighted by Crippen LogP contribution is 2.12. The van der Waals surface area contributed by atoms with Gasteiger partial charge >= 0.3 is 0 Å². The van der Waals surface area contributed by atoms with E-state index in [1.807, 2.05) is 6.79 Å². The predicted octanol–water partition coefficient (Wildman–Crippen LogP) is 1.48. The van der Waals surface area contributed by atoms with Crippen molar-refractivity contribution < 1.29 is 9.90 Å². The monoisotopic (exact) mass is 146 g/mol. The quantitative estimate of drug-likeness (QED) is 0.654. The van der Waals surface area contributed by atoms with E-state index in [-0.39, 0.29) is 0 Å². The topological polar surface area (TPSA) is 37.3 Å². The van der Waals surface area contributed by atoms with Crippen molar-refractivity contribution in [1.29, 1.82) is 0 Å². The molecular weight excluding hydrogens is 128 g/mol. The summed E-state index contributed by atoms with van der Waals surface area (Å²) in [7, 11) is 0. The average Bonchev–Trinajstić information content (AvgIpc) is 1.94. The first-order valence-corrected chi connectivity index (χ1v) is 3.62. The standard InChI is InChI=1S/C7H16O.CH2O/c1-4-7(5-8)6(2)3;1-2/h6-8H,4-5H2,1-3H3;1H2. The van der Waals surface area contributed by atoms with Crippen LogP contribution in [0.1, 0.15) is 27.2 Å². The van der Waals surface area contributed by atoms with E-state index < -0.39 is 0 Å². The lowest BCUT2D eigenvalue weighted by atomic mass is 9.95. The Labute approximate surface area is 63.3 Å². The van der Waals surface area contributed by atoms with Gasteiger partial charge in [-0.25, -0.2) is 0 Å². The first-order chi connectivity index (χ1) is 4.72. The van der Waals surface area contributed by atoms with E-state index in [0.29, 0.717) is 18.4 Å². The SMILES string of the molecule is C=O.CCC(CO)C(C)C. The zero-order valence-corrected chi connectivity index (χ0v) is 7.13. The molecule has 2 nitrogen and oxygen atoms in total. The van der Waals surface area contributed by atoms with E-state index in [4.69, 9.17) is 9.90 Å². The third kappa shape index (κ3) is 5.76. The van der Waals surface area contributed by atoms with Crippen LogP contribution >= 0.6 is 0 Å². The lowest BCUT2D eigenvalue weighted by molar-refractivity contribution is -0.0979. The molecule has 0 saturated carbocycles. The molecule has 0 spiro atoms. The summed E-state index contributed by atoms with van der Waals surface area (Å²) < 4.78 is 0. The van der Waals surface area contributed by atoms with Gasteiger partial charge in [0.25, 0.3) is 0 Å². The lowest BCUT2D eigenvalue weighted by Gasteiger charge is -2.14. The van der Waals surface area contributed by atoms with Crippen molar-refractivity contribution in [2.24, 2.45) is 11.8 Å². The number of carbonyl (C=O) groups excluding carboxylic acids is 1. The minimum absolute atomic E-state index is 0.341. The Bertz CT molecular complexity index is 58.3. The van der Waals surface area contributed by atoms with Gasteiger partial charge in [0.2, 0.25) is 0 Å². The van der Waals surface area contributed by atoms with Gasteiger partial charge in [-0.2, -0.15) is 0 Å². The van der Waals surface area contributed by atoms with Crippen molar-refractivity contribution in [2.75, 3.05) is 6.61 Å². The second-order valence-electron chi connectivity index (χ2n) is 2.59. The molecule has 1 atom stereocenters. The molecule has 0 aliphatic carbocycles. The number of aliphatic hydroxyl groups excluding tert-OH is 1. The van der Waals surface area contributed by atoms with Crippen LogP contribution in [0.2, 0.25) is 0 Å². The minimum Gasteiger partial charge on any atom is -0.396 e. The maximum absolute atomic E-state index is 8.70. The molecule has 0 saturated heterocycles. The predicted molar refractivity (Wildman–Crippen MR) is 42.8 cm³/mol. The summed E-state index contributed by atoms with van der Waals surface area (Å²) in [6.07, 6.45) is 1.09. The highest BCUT2D eigenvalue weighted by atomic mass is 16.3. The second kappa shape index (κ2) is 8.63. The Kier molecular flexibility index (Phi) is 10.6. The number of carbonyl (C=O) groups is 1. The van der Waals surface area contributed by atoms with Crippen molar-refractivity contribution in [1.82, 2.24) is 0 Å². The van der Waals surface area contributed by atoms with Gasteiger partial charge in [-0.1, -0.05) is 27.2 Å². The molecule has 0 radical (unpaired) electrons. The smallest absolute Gasteiger partial charge is 0.106 e. The van der Waals surface area contributed by atoms with E-state index in [2.05, 4.69) is 20.8 Å². The van der Waals surface area contributed by atoms with E-state index in [1.54, 1.807) is 0 Å². The van der Waals surface area contributed by atoms with E-state index in [9.17, 15) is 0 Å². The van der Waals surface area contributed by atoms with Crippen LogP contribution in [0.15, 0.2) is 0 Å². The summed E-state index contributed by atoms with van der Waals surface area (Å²) in [5.74, 6) is 1.14. The Hall–Kier alpha value is -0.370. The lowest BCUT2D eigenvalue weighted by Crippen LogP contribution is -2.11. The van der Waals surface area contributed by atoms with Gasteiger partial charge in [-0.05, 0) is 11.8 Å². The molecule has 0 aromatic carbocycles. The molecule has 2 heteroatoms. The Morgan fingerprint density at radius 1 is 1.40 bits per heavy atom. The molecule has 0 aromatic heterocycles. The Morgan fingerprint density at radius 3 is 1.80 bits per heavy atom. The first-order valence-electron chi connectivity index (χ1n) is 3.62. The fourth-order valence-electron chi connectivity index (χ4n) is 0.811. The molecule has 0 bridgehead atoms. The van der Waals surface area contributed by atoms with E-state index in [0.717, 1.165) is 6.42 Å². The van der Waals surface area contributed by atoms with Crippen molar-refractivity contribution in [3.8, 4) is 0 Å². The zero-order chi connectivity index (χ0) is 8.57. The number of hydrogen-bond acceptors (Lipinski definition) is 2. The zero-order valence-electron chi connectivity index (χ0n) is 7.13. The average molecular weight is 146 g/mol. The Balaban J connectivity index is 0. The molecule has 1 unspecified atom stereocenters. The number of rotatable bonds is 3. The van der Waals surface area contributed by atoms with Crippen molar-refractivity contribution >= 4 is 6.79 Å². The summed E-state index contributed by atoms with van der Waals surface area (Å²) in [6, 6.07) is 0. The molecule has 1 N–H and O–H groups in total. The summed E-state index contributed by atoms with van der Waals surface area (Å²) in [5.41, 5.74) is 0. The molecule has 0 heterocycles. The number of hydrogen-bond donors (Lipinski definition) is 1. The van der Waals surface area contributed by atoms with Crippen LogP contribution in [0, 0.1) is 11.8 Å². The fourth-order valence-corrected chi connectivity index (χ4v) is 0.811. The van der Waals surface area contributed by atoms with Crippen LogP contribution in [0.25, 0.3) is 0 Å². The third-order valence-corrected chi connectivity index (χ3v) is 1.70. The molecule has 0 aliphatic rings. The van der Waals surface area contributed by atoms with Gasteiger partial charge in [-0.3, -0.25) is 0 Å². The molecule has 0 aliphatic heterocycles. The highest BCUT2D eigenvalue weighted by Gasteiger charge is 2.07. The molecule has 0 aromatic rings. The first kappa shape index (κ1) is 12.3. The normalized spacial score (nSPS) is 12.1. The Morgan fingerprint density at radius 2 is 1.80 bits per heavy atom. The molecule has 62 valence electrons. The van der Waals surface area contributed by atoms with Crippen LogP contribution in [-0.2, 0) is 4.79 Å². The van der Waals surface area contributed by atoms with Crippen LogP contribution in [0.4, 0.5) is 0 Å². The van der Waals surface area contributed by atoms with Crippen molar-refractivity contribution in [3.63, 3.8) is 0 Å². The molecule has 10 heavy (non-hydrogen) atoms. The highest BCUT2D eigenvalue weighted by molar-refractivity contribution is 5.10.